The van der Waals surface area contributed by atoms with Gasteiger partial charge in [0, 0.05) is 19.3 Å². The van der Waals surface area contributed by atoms with Gasteiger partial charge in [-0.1, -0.05) is 23.9 Å². The highest BCUT2D eigenvalue weighted by atomic mass is 32.2. The maximum Gasteiger partial charge on any atom is 0.324 e. The fourth-order valence-electron chi connectivity index (χ4n) is 2.39. The number of carbonyl (C=O) groups excluding carboxylic acids is 2. The number of urea groups is 1. The summed E-state index contributed by atoms with van der Waals surface area (Å²) >= 11 is 1.45. The van der Waals surface area contributed by atoms with E-state index in [1.165, 1.54) is 22.7 Å². The van der Waals surface area contributed by atoms with Crippen LogP contribution in [0.4, 0.5) is 9.18 Å². The zero-order valence-corrected chi connectivity index (χ0v) is 13.8. The minimum Gasteiger partial charge on any atom is -0.329 e. The molecule has 24 heavy (non-hydrogen) atoms. The molecule has 0 unspecified atom stereocenters. The minimum absolute atomic E-state index is 0.0707. The van der Waals surface area contributed by atoms with Gasteiger partial charge in [-0.25, -0.2) is 9.18 Å². The van der Waals surface area contributed by atoms with Crippen LogP contribution in [0.2, 0.25) is 0 Å². The molecule has 1 aromatic carbocycles. The molecule has 0 spiro atoms. The molecular formula is C15H16FN5O2S. The van der Waals surface area contributed by atoms with Crippen molar-refractivity contribution in [2.75, 3.05) is 18.8 Å². The standard InChI is InChI=1S/C15H16FN5O2S/c1-20-13(10-5-2-3-6-11(10)16)18-19-15(20)24-8-4-7-21-12(22)9-17-14(21)23/h2-3,5-6H,4,7-9H2,1H3,(H,17,23). The average molecular weight is 349 g/mol. The average Bonchev–Trinajstić information content (AvgIpc) is 3.08. The van der Waals surface area contributed by atoms with E-state index in [-0.39, 0.29) is 24.3 Å². The van der Waals surface area contributed by atoms with E-state index in [0.717, 1.165) is 0 Å². The first-order chi connectivity index (χ1) is 11.6. The molecule has 9 heteroatoms. The molecule has 0 atom stereocenters. The summed E-state index contributed by atoms with van der Waals surface area (Å²) in [5.74, 6) is 0.582. The summed E-state index contributed by atoms with van der Waals surface area (Å²) in [6, 6.07) is 6.07. The SMILES string of the molecule is Cn1c(SCCCN2C(=O)CNC2=O)nnc1-c1ccccc1F. The number of halogens is 1. The Kier molecular flexibility index (Phi) is 4.79. The second kappa shape index (κ2) is 7.00. The van der Waals surface area contributed by atoms with Gasteiger partial charge in [0.05, 0.1) is 12.1 Å². The fourth-order valence-corrected chi connectivity index (χ4v) is 3.22. The molecule has 2 heterocycles. The number of nitrogens with one attached hydrogen (secondary N) is 1. The molecule has 126 valence electrons. The number of rotatable bonds is 6. The molecule has 0 bridgehead atoms. The number of aromatic nitrogens is 3. The summed E-state index contributed by atoms with van der Waals surface area (Å²) in [7, 11) is 1.78. The van der Waals surface area contributed by atoms with Crippen LogP contribution in [0.3, 0.4) is 0 Å². The maximum absolute atomic E-state index is 13.9. The quantitative estimate of drug-likeness (QED) is 0.487. The smallest absolute Gasteiger partial charge is 0.324 e. The van der Waals surface area contributed by atoms with Crippen molar-refractivity contribution in [3.63, 3.8) is 0 Å². The molecule has 0 aliphatic carbocycles. The van der Waals surface area contributed by atoms with Crippen molar-refractivity contribution in [2.24, 2.45) is 7.05 Å². The summed E-state index contributed by atoms with van der Waals surface area (Å²) < 4.78 is 15.6. The summed E-state index contributed by atoms with van der Waals surface area (Å²) in [5.41, 5.74) is 0.402. The van der Waals surface area contributed by atoms with E-state index in [1.807, 2.05) is 0 Å². The monoisotopic (exact) mass is 349 g/mol. The van der Waals surface area contributed by atoms with Crippen LogP contribution in [0.25, 0.3) is 11.4 Å². The lowest BCUT2D eigenvalue weighted by atomic mass is 10.2. The van der Waals surface area contributed by atoms with Gasteiger partial charge in [-0.2, -0.15) is 0 Å². The molecule has 3 rings (SSSR count). The highest BCUT2D eigenvalue weighted by molar-refractivity contribution is 7.99. The van der Waals surface area contributed by atoms with Crippen molar-refractivity contribution in [3.05, 3.63) is 30.1 Å². The van der Waals surface area contributed by atoms with E-state index in [2.05, 4.69) is 15.5 Å². The highest BCUT2D eigenvalue weighted by Gasteiger charge is 2.27. The van der Waals surface area contributed by atoms with Crippen molar-refractivity contribution in [2.45, 2.75) is 11.6 Å². The minimum atomic E-state index is -0.344. The van der Waals surface area contributed by atoms with Crippen molar-refractivity contribution in [3.8, 4) is 11.4 Å². The zero-order valence-electron chi connectivity index (χ0n) is 13.0. The Hall–Kier alpha value is -2.42. The third-order valence-electron chi connectivity index (χ3n) is 3.64. The summed E-state index contributed by atoms with van der Waals surface area (Å²) in [5, 5.41) is 11.3. The molecule has 1 aliphatic rings. The first kappa shape index (κ1) is 16.4. The summed E-state index contributed by atoms with van der Waals surface area (Å²) in [6.45, 7) is 0.441. The van der Waals surface area contributed by atoms with Crippen LogP contribution in [0.1, 0.15) is 6.42 Å². The van der Waals surface area contributed by atoms with E-state index in [1.54, 1.807) is 29.8 Å². The van der Waals surface area contributed by atoms with E-state index in [0.29, 0.717) is 35.3 Å². The van der Waals surface area contributed by atoms with Crippen LogP contribution in [0, 0.1) is 5.82 Å². The predicted octanol–water partition coefficient (Wildman–Crippen LogP) is 1.66. The Balaban J connectivity index is 1.58. The van der Waals surface area contributed by atoms with Gasteiger partial charge in [0.15, 0.2) is 11.0 Å². The third kappa shape index (κ3) is 3.25. The number of carbonyl (C=O) groups is 2. The molecular weight excluding hydrogens is 333 g/mol. The molecule has 2 aromatic rings. The molecule has 0 radical (unpaired) electrons. The van der Waals surface area contributed by atoms with Gasteiger partial charge in [0.1, 0.15) is 5.82 Å². The van der Waals surface area contributed by atoms with Crippen molar-refractivity contribution in [1.82, 2.24) is 25.0 Å². The maximum atomic E-state index is 13.9. The van der Waals surface area contributed by atoms with Gasteiger partial charge in [-0.05, 0) is 18.6 Å². The number of nitrogens with zero attached hydrogens (tertiary/aromatic N) is 4. The Bertz CT molecular complexity index is 763. The van der Waals surface area contributed by atoms with Crippen LogP contribution < -0.4 is 5.32 Å². The molecule has 1 fully saturated rings. The van der Waals surface area contributed by atoms with Gasteiger partial charge < -0.3 is 9.88 Å². The van der Waals surface area contributed by atoms with Crippen LogP contribution in [-0.4, -0.2) is 50.4 Å². The van der Waals surface area contributed by atoms with Crippen molar-refractivity contribution < 1.29 is 14.0 Å². The Morgan fingerprint density at radius 2 is 2.08 bits per heavy atom. The first-order valence-electron chi connectivity index (χ1n) is 7.43. The van der Waals surface area contributed by atoms with Crippen LogP contribution in [-0.2, 0) is 11.8 Å². The fraction of sp³-hybridized carbons (Fsp3) is 0.333. The number of amides is 3. The Labute approximate surface area is 142 Å². The topological polar surface area (TPSA) is 80.1 Å². The van der Waals surface area contributed by atoms with Gasteiger partial charge in [-0.3, -0.25) is 9.69 Å². The summed E-state index contributed by atoms with van der Waals surface area (Å²) in [4.78, 5) is 24.1. The number of hydrogen-bond donors (Lipinski definition) is 1. The lowest BCUT2D eigenvalue weighted by molar-refractivity contribution is -0.124. The molecule has 1 N–H and O–H groups in total. The van der Waals surface area contributed by atoms with Gasteiger partial charge in [0.25, 0.3) is 0 Å². The van der Waals surface area contributed by atoms with E-state index in [9.17, 15) is 14.0 Å². The Morgan fingerprint density at radius 1 is 1.29 bits per heavy atom. The highest BCUT2D eigenvalue weighted by Crippen LogP contribution is 2.24. The van der Waals surface area contributed by atoms with Gasteiger partial charge >= 0.3 is 6.03 Å². The second-order valence-corrected chi connectivity index (χ2v) is 6.31. The molecule has 3 amide bonds. The largest absolute Gasteiger partial charge is 0.329 e. The normalized spacial score (nSPS) is 14.3. The number of thioether (sulfide) groups is 1. The molecule has 0 saturated carbocycles. The van der Waals surface area contributed by atoms with Crippen LogP contribution in [0.5, 0.6) is 0 Å². The molecule has 1 aromatic heterocycles. The Morgan fingerprint density at radius 3 is 2.79 bits per heavy atom. The van der Waals surface area contributed by atoms with Crippen LogP contribution >= 0.6 is 11.8 Å². The number of benzene rings is 1. The lowest BCUT2D eigenvalue weighted by Gasteiger charge is -2.11. The molecule has 1 aliphatic heterocycles. The molecule has 7 nitrogen and oxygen atoms in total. The van der Waals surface area contributed by atoms with Gasteiger partial charge in [0.2, 0.25) is 5.91 Å². The lowest BCUT2D eigenvalue weighted by Crippen LogP contribution is -2.32. The van der Waals surface area contributed by atoms with Crippen molar-refractivity contribution >= 4 is 23.7 Å². The van der Waals surface area contributed by atoms with Gasteiger partial charge in [-0.15, -0.1) is 10.2 Å². The van der Waals surface area contributed by atoms with Crippen molar-refractivity contribution in [1.29, 1.82) is 0 Å². The predicted molar refractivity (Wildman–Crippen MR) is 86.8 cm³/mol. The second-order valence-electron chi connectivity index (χ2n) is 5.25. The molecule has 1 saturated heterocycles. The summed E-state index contributed by atoms with van der Waals surface area (Å²) in [6.07, 6.45) is 0.645. The van der Waals surface area contributed by atoms with Crippen LogP contribution in [0.15, 0.2) is 29.4 Å². The third-order valence-corrected chi connectivity index (χ3v) is 4.75. The van der Waals surface area contributed by atoms with E-state index < -0.39 is 0 Å². The first-order valence-corrected chi connectivity index (χ1v) is 8.42. The van der Waals surface area contributed by atoms with E-state index in [4.69, 9.17) is 0 Å². The van der Waals surface area contributed by atoms with E-state index >= 15 is 0 Å². The zero-order chi connectivity index (χ0) is 17.1. The number of hydrogen-bond acceptors (Lipinski definition) is 5. The number of imide groups is 1.